The third-order valence-corrected chi connectivity index (χ3v) is 3.53. The lowest BCUT2D eigenvalue weighted by Crippen LogP contribution is -2.61. The first-order chi connectivity index (χ1) is 10.8. The summed E-state index contributed by atoms with van der Waals surface area (Å²) in [6.45, 7) is -1.64. The van der Waals surface area contributed by atoms with Gasteiger partial charge in [0.25, 0.3) is 0 Å². The molecule has 1 saturated heterocycles. The molecule has 0 aromatic heterocycles. The van der Waals surface area contributed by atoms with Gasteiger partial charge in [0.2, 0.25) is 0 Å². The molecule has 0 bridgehead atoms. The summed E-state index contributed by atoms with van der Waals surface area (Å²) in [6.07, 6.45) is -15.7. The fraction of sp³-hybridized carbons (Fsp3) is 0.917. The molecule has 1 heterocycles. The first-order valence-electron chi connectivity index (χ1n) is 6.84. The minimum Gasteiger partial charge on any atom is -0.394 e. The summed E-state index contributed by atoms with van der Waals surface area (Å²) in [4.78, 5) is 10.5. The number of aliphatic hydroxyl groups is 8. The van der Waals surface area contributed by atoms with Crippen molar-refractivity contribution >= 4 is 6.29 Å². The van der Waals surface area contributed by atoms with E-state index in [0.29, 0.717) is 0 Å². The van der Waals surface area contributed by atoms with Gasteiger partial charge in [-0.3, -0.25) is 0 Å². The van der Waals surface area contributed by atoms with E-state index in [1.165, 1.54) is 0 Å². The molecule has 1 aliphatic heterocycles. The van der Waals surface area contributed by atoms with Crippen molar-refractivity contribution in [2.24, 2.45) is 0 Å². The van der Waals surface area contributed by atoms with Crippen LogP contribution in [0.15, 0.2) is 0 Å². The summed E-state index contributed by atoms with van der Waals surface area (Å²) in [5.41, 5.74) is 0. The van der Waals surface area contributed by atoms with Gasteiger partial charge in [-0.2, -0.15) is 0 Å². The number of aliphatic hydroxyl groups excluding tert-OH is 8. The number of hydrogen-bond donors (Lipinski definition) is 8. The van der Waals surface area contributed by atoms with Crippen LogP contribution in [0.2, 0.25) is 0 Å². The molecule has 11 nitrogen and oxygen atoms in total. The maximum Gasteiger partial charge on any atom is 0.187 e. The molecule has 8 N–H and O–H groups in total. The lowest BCUT2D eigenvalue weighted by molar-refractivity contribution is -0.326. The number of rotatable bonds is 8. The van der Waals surface area contributed by atoms with E-state index in [1.807, 2.05) is 0 Å². The van der Waals surface area contributed by atoms with Crippen LogP contribution in [0.5, 0.6) is 0 Å². The van der Waals surface area contributed by atoms with Crippen molar-refractivity contribution in [1.82, 2.24) is 0 Å². The van der Waals surface area contributed by atoms with Gasteiger partial charge in [0.1, 0.15) is 48.8 Å². The Labute approximate surface area is 130 Å². The van der Waals surface area contributed by atoms with Crippen molar-refractivity contribution in [3.05, 3.63) is 0 Å². The molecule has 0 aromatic carbocycles. The maximum absolute atomic E-state index is 10.5. The van der Waals surface area contributed by atoms with Crippen LogP contribution in [0.3, 0.4) is 0 Å². The normalized spacial score (nSPS) is 37.0. The Hall–Kier alpha value is -0.730. The van der Waals surface area contributed by atoms with Crippen molar-refractivity contribution in [2.75, 3.05) is 13.2 Å². The van der Waals surface area contributed by atoms with Crippen LogP contribution in [-0.2, 0) is 14.3 Å². The van der Waals surface area contributed by atoms with E-state index >= 15 is 0 Å². The minimum absolute atomic E-state index is 0.0294. The van der Waals surface area contributed by atoms with Gasteiger partial charge in [-0.25, -0.2) is 0 Å². The predicted octanol–water partition coefficient (Wildman–Crippen LogP) is -5.55. The van der Waals surface area contributed by atoms with E-state index in [1.54, 1.807) is 0 Å². The minimum atomic E-state index is -1.97. The Kier molecular flexibility index (Phi) is 7.89. The van der Waals surface area contributed by atoms with Crippen LogP contribution in [0.25, 0.3) is 0 Å². The monoisotopic (exact) mass is 342 g/mol. The molecule has 1 fully saturated rings. The van der Waals surface area contributed by atoms with E-state index in [-0.39, 0.29) is 6.29 Å². The molecule has 0 amide bonds. The summed E-state index contributed by atoms with van der Waals surface area (Å²) in [7, 11) is 0. The molecule has 0 spiro atoms. The molecule has 136 valence electrons. The molecule has 0 saturated carbocycles. The van der Waals surface area contributed by atoms with E-state index in [2.05, 4.69) is 0 Å². The fourth-order valence-corrected chi connectivity index (χ4v) is 2.11. The van der Waals surface area contributed by atoms with Crippen molar-refractivity contribution in [1.29, 1.82) is 0 Å². The van der Waals surface area contributed by atoms with E-state index in [0.717, 1.165) is 0 Å². The smallest absolute Gasteiger partial charge is 0.187 e. The molecule has 0 aromatic rings. The van der Waals surface area contributed by atoms with Crippen molar-refractivity contribution in [3.8, 4) is 0 Å². The van der Waals surface area contributed by atoms with Gasteiger partial charge in [-0.15, -0.1) is 0 Å². The van der Waals surface area contributed by atoms with Gasteiger partial charge in [-0.05, 0) is 0 Å². The molecule has 1 rings (SSSR count). The van der Waals surface area contributed by atoms with Crippen LogP contribution >= 0.6 is 0 Å². The largest absolute Gasteiger partial charge is 0.394 e. The lowest BCUT2D eigenvalue weighted by Gasteiger charge is -2.42. The van der Waals surface area contributed by atoms with Crippen LogP contribution < -0.4 is 0 Å². The van der Waals surface area contributed by atoms with Crippen LogP contribution in [0.4, 0.5) is 0 Å². The van der Waals surface area contributed by atoms with E-state index in [9.17, 15) is 35.4 Å². The zero-order chi connectivity index (χ0) is 17.7. The highest BCUT2D eigenvalue weighted by Crippen LogP contribution is 2.24. The van der Waals surface area contributed by atoms with Gasteiger partial charge in [0.15, 0.2) is 12.6 Å². The molecule has 23 heavy (non-hydrogen) atoms. The fourth-order valence-electron chi connectivity index (χ4n) is 2.11. The molecule has 0 aliphatic carbocycles. The summed E-state index contributed by atoms with van der Waals surface area (Å²) < 4.78 is 10.1. The average Bonchev–Trinajstić information content (AvgIpc) is 2.57. The van der Waals surface area contributed by atoms with Gasteiger partial charge in [-0.1, -0.05) is 0 Å². The standard InChI is InChI=1S/C12H22O11/c13-1-4(16)7(18)11(5(17)2-14)23-12-10(21)9(20)8(19)6(3-15)22-12/h1,4-12,14-21H,2-3H2/t4-,5+,6+,7+,8+,9-,10+,11+,12?/m0/s1. The van der Waals surface area contributed by atoms with Gasteiger partial charge < -0.3 is 55.1 Å². The second-order valence-corrected chi connectivity index (χ2v) is 5.17. The zero-order valence-corrected chi connectivity index (χ0v) is 12.0. The predicted molar refractivity (Wildman–Crippen MR) is 69.8 cm³/mol. The Balaban J connectivity index is 2.91. The summed E-state index contributed by atoms with van der Waals surface area (Å²) >= 11 is 0. The number of aldehydes is 1. The molecule has 1 aliphatic rings. The highest BCUT2D eigenvalue weighted by atomic mass is 16.7. The third-order valence-electron chi connectivity index (χ3n) is 3.53. The summed E-state index contributed by atoms with van der Waals surface area (Å²) in [5, 5.41) is 75.7. The second kappa shape index (κ2) is 8.94. The molecular weight excluding hydrogens is 320 g/mol. The van der Waals surface area contributed by atoms with Crippen LogP contribution in [0, 0.1) is 0 Å². The van der Waals surface area contributed by atoms with Crippen molar-refractivity contribution in [2.45, 2.75) is 55.1 Å². The molecular formula is C12H22O11. The molecule has 0 radical (unpaired) electrons. The van der Waals surface area contributed by atoms with Crippen molar-refractivity contribution in [3.63, 3.8) is 0 Å². The Morgan fingerprint density at radius 1 is 1.04 bits per heavy atom. The summed E-state index contributed by atoms with van der Waals surface area (Å²) in [5.74, 6) is 0. The lowest BCUT2D eigenvalue weighted by atomic mass is 9.98. The Morgan fingerprint density at radius 2 is 1.65 bits per heavy atom. The highest BCUT2D eigenvalue weighted by Gasteiger charge is 2.46. The Morgan fingerprint density at radius 3 is 2.13 bits per heavy atom. The van der Waals surface area contributed by atoms with Gasteiger partial charge in [0, 0.05) is 0 Å². The average molecular weight is 342 g/mol. The first-order valence-corrected chi connectivity index (χ1v) is 6.84. The number of hydrogen-bond acceptors (Lipinski definition) is 11. The zero-order valence-electron chi connectivity index (χ0n) is 12.0. The third kappa shape index (κ3) is 4.64. The maximum atomic E-state index is 10.5. The van der Waals surface area contributed by atoms with Gasteiger partial charge >= 0.3 is 0 Å². The molecule has 11 heteroatoms. The van der Waals surface area contributed by atoms with Crippen molar-refractivity contribution < 1.29 is 55.1 Å². The molecule has 1 unspecified atom stereocenters. The quantitative estimate of drug-likeness (QED) is 0.196. The molecule has 9 atom stereocenters. The van der Waals surface area contributed by atoms with E-state index in [4.69, 9.17) is 19.7 Å². The highest BCUT2D eigenvalue weighted by molar-refractivity contribution is 5.56. The first kappa shape index (κ1) is 20.3. The number of ether oxygens (including phenoxy) is 2. The van der Waals surface area contributed by atoms with Crippen LogP contribution in [0.1, 0.15) is 0 Å². The topological polar surface area (TPSA) is 197 Å². The van der Waals surface area contributed by atoms with Gasteiger partial charge in [0.05, 0.1) is 13.2 Å². The van der Waals surface area contributed by atoms with Crippen LogP contribution in [-0.4, -0.2) is 115 Å². The second-order valence-electron chi connectivity index (χ2n) is 5.17. The number of carbonyl (C=O) groups is 1. The summed E-state index contributed by atoms with van der Waals surface area (Å²) in [6, 6.07) is 0. The Bertz CT molecular complexity index is 365. The van der Waals surface area contributed by atoms with E-state index < -0.39 is 68.3 Å². The number of carbonyl (C=O) groups excluding carboxylic acids is 1. The SMILES string of the molecule is O=C[C@H](O)[C@@H](O)[C@H](OC1O[C@H](CO)[C@@H](O)[C@H](O)[C@H]1O)[C@H](O)CO.